The molecule has 3 N–H and O–H groups in total. The Labute approximate surface area is 575 Å². The number of hydrogen-bond acceptors (Lipinski definition) is 15. The van der Waals surface area contributed by atoms with Gasteiger partial charge >= 0.3 is 39.5 Å². The van der Waals surface area contributed by atoms with Crippen LogP contribution in [-0.4, -0.2) is 96.7 Å². The number of aliphatic hydroxyl groups excluding tert-OH is 1. The third-order valence-corrected chi connectivity index (χ3v) is 19.4. The Kier molecular flexibility index (Phi) is 66.8. The highest BCUT2D eigenvalue weighted by atomic mass is 31.2. The van der Waals surface area contributed by atoms with Crippen LogP contribution in [0.25, 0.3) is 0 Å². The van der Waals surface area contributed by atoms with Gasteiger partial charge in [0.1, 0.15) is 19.3 Å². The van der Waals surface area contributed by atoms with Gasteiger partial charge in [-0.15, -0.1) is 0 Å². The molecule has 0 aromatic carbocycles. The van der Waals surface area contributed by atoms with Crippen molar-refractivity contribution >= 4 is 39.5 Å². The van der Waals surface area contributed by atoms with Crippen molar-refractivity contribution in [3.63, 3.8) is 0 Å². The van der Waals surface area contributed by atoms with Gasteiger partial charge in [-0.1, -0.05) is 343 Å². The van der Waals surface area contributed by atoms with E-state index in [4.69, 9.17) is 37.0 Å². The highest BCUT2D eigenvalue weighted by Crippen LogP contribution is 2.45. The van der Waals surface area contributed by atoms with E-state index in [2.05, 4.69) is 34.6 Å². The maximum Gasteiger partial charge on any atom is 0.472 e. The molecule has 94 heavy (non-hydrogen) atoms. The highest BCUT2D eigenvalue weighted by molar-refractivity contribution is 7.47. The number of rotatable bonds is 75. The van der Waals surface area contributed by atoms with E-state index in [0.29, 0.717) is 25.7 Å². The number of phosphoric acid groups is 2. The first-order valence-corrected chi connectivity index (χ1v) is 42.1. The zero-order valence-electron chi connectivity index (χ0n) is 61.1. The molecular formula is C75H146O17P2. The van der Waals surface area contributed by atoms with Gasteiger partial charge < -0.3 is 33.8 Å². The standard InChI is InChI=1S/C75H146O17P2/c1-6-9-12-15-17-19-21-23-25-26-27-29-33-38-42-46-51-56-61-75(80)92-71(65-86-73(78)59-54-49-44-40-36-34-30-31-35-39-43-48-52-57-68(4)5)67-90-94(83,84)88-63-69(76)62-87-93(81,82)89-66-70(64-85-72(77)58-53-47-14-11-8-3)91-74(79)60-55-50-45-41-37-32-28-24-22-20-18-16-13-10-7-2/h68-71,76H,6-67H2,1-5H3,(H,81,82)(H,83,84)/t69-,70+,71+/m0/s1. The minimum Gasteiger partial charge on any atom is -0.462 e. The second-order valence-corrected chi connectivity index (χ2v) is 30.4. The number of unbranched alkanes of at least 4 members (excludes halogenated alkanes) is 47. The summed E-state index contributed by atoms with van der Waals surface area (Å²) in [6.07, 6.45) is 57.2. The summed E-state index contributed by atoms with van der Waals surface area (Å²) in [5.41, 5.74) is 0. The van der Waals surface area contributed by atoms with E-state index in [1.807, 2.05) is 0 Å². The van der Waals surface area contributed by atoms with Crippen LogP contribution in [0.3, 0.4) is 0 Å². The number of carbonyl (C=O) groups is 4. The smallest absolute Gasteiger partial charge is 0.462 e. The van der Waals surface area contributed by atoms with E-state index in [1.165, 1.54) is 212 Å². The molecule has 558 valence electrons. The number of aliphatic hydroxyl groups is 1. The molecule has 0 aromatic heterocycles. The predicted octanol–water partition coefficient (Wildman–Crippen LogP) is 22.1. The molecule has 0 saturated carbocycles. The van der Waals surface area contributed by atoms with Gasteiger partial charge in [-0.3, -0.25) is 37.3 Å². The zero-order valence-corrected chi connectivity index (χ0v) is 62.9. The van der Waals surface area contributed by atoms with Crippen molar-refractivity contribution in [2.75, 3.05) is 39.6 Å². The van der Waals surface area contributed by atoms with Gasteiger partial charge in [0.15, 0.2) is 12.2 Å². The third-order valence-electron chi connectivity index (χ3n) is 17.5. The van der Waals surface area contributed by atoms with E-state index >= 15 is 0 Å². The molecule has 2 unspecified atom stereocenters. The Balaban J connectivity index is 5.14. The number of ether oxygens (including phenoxy) is 4. The van der Waals surface area contributed by atoms with Gasteiger partial charge in [0.05, 0.1) is 26.4 Å². The average Bonchev–Trinajstić information content (AvgIpc) is 1.51. The predicted molar refractivity (Wildman–Crippen MR) is 382 cm³/mol. The molecule has 0 saturated heterocycles. The van der Waals surface area contributed by atoms with E-state index in [0.717, 1.165) is 102 Å². The topological polar surface area (TPSA) is 237 Å². The van der Waals surface area contributed by atoms with Crippen molar-refractivity contribution in [1.82, 2.24) is 0 Å². The molecule has 0 spiro atoms. The van der Waals surface area contributed by atoms with Crippen LogP contribution in [0.15, 0.2) is 0 Å². The Morgan fingerprint density at radius 3 is 0.723 bits per heavy atom. The highest BCUT2D eigenvalue weighted by Gasteiger charge is 2.30. The summed E-state index contributed by atoms with van der Waals surface area (Å²) in [6.45, 7) is 7.23. The largest absolute Gasteiger partial charge is 0.472 e. The molecule has 0 heterocycles. The Hall–Kier alpha value is -1.94. The molecule has 0 aliphatic carbocycles. The molecule has 0 aliphatic heterocycles. The molecule has 0 rings (SSSR count). The Morgan fingerprint density at radius 1 is 0.287 bits per heavy atom. The van der Waals surface area contributed by atoms with Gasteiger partial charge in [0, 0.05) is 25.7 Å². The summed E-state index contributed by atoms with van der Waals surface area (Å²) in [4.78, 5) is 72.5. The van der Waals surface area contributed by atoms with Crippen LogP contribution in [-0.2, 0) is 65.4 Å². The maximum atomic E-state index is 13.1. The lowest BCUT2D eigenvalue weighted by Crippen LogP contribution is -2.30. The summed E-state index contributed by atoms with van der Waals surface area (Å²) in [5, 5.41) is 10.6. The average molecular weight is 1380 g/mol. The molecule has 0 radical (unpaired) electrons. The van der Waals surface area contributed by atoms with Crippen LogP contribution in [0.5, 0.6) is 0 Å². The van der Waals surface area contributed by atoms with Crippen molar-refractivity contribution in [1.29, 1.82) is 0 Å². The van der Waals surface area contributed by atoms with Crippen LogP contribution < -0.4 is 0 Å². The fourth-order valence-electron chi connectivity index (χ4n) is 11.5. The molecular weight excluding hydrogens is 1230 g/mol. The third kappa shape index (κ3) is 68.6. The van der Waals surface area contributed by atoms with E-state index < -0.39 is 97.5 Å². The molecule has 17 nitrogen and oxygen atoms in total. The lowest BCUT2D eigenvalue weighted by molar-refractivity contribution is -0.161. The number of hydrogen-bond donors (Lipinski definition) is 3. The zero-order chi connectivity index (χ0) is 69.1. The lowest BCUT2D eigenvalue weighted by Gasteiger charge is -2.21. The summed E-state index contributed by atoms with van der Waals surface area (Å²) in [7, 11) is -9.90. The van der Waals surface area contributed by atoms with Crippen LogP contribution in [0, 0.1) is 5.92 Å². The minimum atomic E-state index is -4.95. The monoisotopic (exact) mass is 1380 g/mol. The van der Waals surface area contributed by atoms with Crippen LogP contribution in [0.2, 0.25) is 0 Å². The molecule has 0 aromatic rings. The van der Waals surface area contributed by atoms with Crippen LogP contribution in [0.1, 0.15) is 394 Å². The summed E-state index contributed by atoms with van der Waals surface area (Å²) in [6, 6.07) is 0. The maximum absolute atomic E-state index is 13.1. The molecule has 0 amide bonds. The first kappa shape index (κ1) is 92.1. The fourth-order valence-corrected chi connectivity index (χ4v) is 13.1. The van der Waals surface area contributed by atoms with Crippen molar-refractivity contribution in [2.45, 2.75) is 412 Å². The van der Waals surface area contributed by atoms with Gasteiger partial charge in [-0.2, -0.15) is 0 Å². The van der Waals surface area contributed by atoms with Crippen molar-refractivity contribution in [2.24, 2.45) is 5.92 Å². The quantitative estimate of drug-likeness (QED) is 0.0222. The minimum absolute atomic E-state index is 0.107. The Bertz CT molecular complexity index is 1810. The first-order valence-electron chi connectivity index (χ1n) is 39.1. The van der Waals surface area contributed by atoms with E-state index in [1.54, 1.807) is 0 Å². The number of phosphoric ester groups is 2. The van der Waals surface area contributed by atoms with Crippen molar-refractivity contribution in [3.8, 4) is 0 Å². The Morgan fingerprint density at radius 2 is 0.489 bits per heavy atom. The van der Waals surface area contributed by atoms with Crippen LogP contribution in [0.4, 0.5) is 0 Å². The van der Waals surface area contributed by atoms with Gasteiger partial charge in [-0.25, -0.2) is 9.13 Å². The SMILES string of the molecule is CCCCCCCCCCCCCCCCCCCCC(=O)O[C@H](COC(=O)CCCCCCCCCCCCCCCC(C)C)COP(=O)(O)OC[C@@H](O)COP(=O)(O)OC[C@@H](COC(=O)CCCCCCC)OC(=O)CCCCCCCCCCCCCCCCC. The fraction of sp³-hybridized carbons (Fsp3) is 0.947. The van der Waals surface area contributed by atoms with E-state index in [9.17, 15) is 43.2 Å². The second-order valence-electron chi connectivity index (χ2n) is 27.5. The number of carbonyl (C=O) groups excluding carboxylic acids is 4. The van der Waals surface area contributed by atoms with Gasteiger partial charge in [-0.05, 0) is 31.6 Å². The van der Waals surface area contributed by atoms with Gasteiger partial charge in [0.2, 0.25) is 0 Å². The summed E-state index contributed by atoms with van der Waals surface area (Å²) < 4.78 is 68.3. The van der Waals surface area contributed by atoms with E-state index in [-0.39, 0.29) is 25.7 Å². The van der Waals surface area contributed by atoms with Gasteiger partial charge in [0.25, 0.3) is 0 Å². The molecule has 19 heteroatoms. The molecule has 0 aliphatic rings. The lowest BCUT2D eigenvalue weighted by atomic mass is 10.0. The number of esters is 4. The van der Waals surface area contributed by atoms with Crippen molar-refractivity contribution in [3.05, 3.63) is 0 Å². The van der Waals surface area contributed by atoms with Crippen molar-refractivity contribution < 1.29 is 80.2 Å². The molecule has 0 bridgehead atoms. The second kappa shape index (κ2) is 68.2. The first-order chi connectivity index (χ1) is 45.5. The summed E-state index contributed by atoms with van der Waals surface area (Å²) in [5.74, 6) is -1.33. The normalized spacial score (nSPS) is 14.0. The molecule has 5 atom stereocenters. The molecule has 0 fully saturated rings. The summed E-state index contributed by atoms with van der Waals surface area (Å²) >= 11 is 0. The van der Waals surface area contributed by atoms with Crippen LogP contribution >= 0.6 is 15.6 Å².